The monoisotopic (exact) mass is 232 g/mol. The molecule has 2 N–H and O–H groups in total. The molecule has 0 radical (unpaired) electrons. The highest BCUT2D eigenvalue weighted by molar-refractivity contribution is 6.30. The van der Waals surface area contributed by atoms with E-state index in [0.29, 0.717) is 10.6 Å². The molecule has 4 heteroatoms. The highest BCUT2D eigenvalue weighted by atomic mass is 35.5. The molecule has 1 unspecified atom stereocenters. The molecule has 0 aliphatic carbocycles. The topological polar surface area (TPSA) is 40.5 Å². The van der Waals surface area contributed by atoms with Crippen LogP contribution in [-0.4, -0.2) is 21.9 Å². The van der Waals surface area contributed by atoms with Crippen LogP contribution in [0, 0.1) is 5.82 Å². The quantitative estimate of drug-likeness (QED) is 0.839. The first-order chi connectivity index (χ1) is 6.80. The van der Waals surface area contributed by atoms with Gasteiger partial charge in [-0.1, -0.05) is 17.7 Å². The number of halogens is 2. The number of aliphatic hydroxyl groups is 2. The summed E-state index contributed by atoms with van der Waals surface area (Å²) in [6.45, 7) is 2.96. The molecule has 0 saturated heterocycles. The van der Waals surface area contributed by atoms with E-state index in [-0.39, 0.29) is 6.42 Å². The maximum Gasteiger partial charge on any atom is 0.127 e. The first-order valence-corrected chi connectivity index (χ1v) is 5.03. The lowest BCUT2D eigenvalue weighted by Crippen LogP contribution is -2.37. The van der Waals surface area contributed by atoms with Crippen molar-refractivity contribution in [3.8, 4) is 0 Å². The van der Waals surface area contributed by atoms with Crippen LogP contribution < -0.4 is 0 Å². The number of hydrogen-bond donors (Lipinski definition) is 2. The minimum Gasteiger partial charge on any atom is -0.390 e. The second-order valence-corrected chi connectivity index (χ2v) is 4.55. The maximum atomic E-state index is 13.3. The van der Waals surface area contributed by atoms with Gasteiger partial charge in [0, 0.05) is 11.4 Å². The standard InChI is InChI=1S/C11H14ClFO2/c1-11(2,15)10(14)5-7-3-4-8(12)6-9(7)13/h3-4,6,10,14-15H,5H2,1-2H3. The summed E-state index contributed by atoms with van der Waals surface area (Å²) >= 11 is 5.59. The van der Waals surface area contributed by atoms with E-state index in [1.807, 2.05) is 0 Å². The Balaban J connectivity index is 2.82. The normalized spacial score (nSPS) is 14.0. The average Bonchev–Trinajstić information content (AvgIpc) is 2.08. The lowest BCUT2D eigenvalue weighted by molar-refractivity contribution is -0.0472. The van der Waals surface area contributed by atoms with Gasteiger partial charge in [0.2, 0.25) is 0 Å². The Morgan fingerprint density at radius 1 is 1.47 bits per heavy atom. The Morgan fingerprint density at radius 2 is 2.07 bits per heavy atom. The third-order valence-corrected chi connectivity index (χ3v) is 2.48. The van der Waals surface area contributed by atoms with E-state index >= 15 is 0 Å². The molecular formula is C11H14ClFO2. The number of aliphatic hydroxyl groups excluding tert-OH is 1. The van der Waals surface area contributed by atoms with E-state index in [2.05, 4.69) is 0 Å². The third kappa shape index (κ3) is 3.45. The summed E-state index contributed by atoms with van der Waals surface area (Å²) in [6, 6.07) is 4.25. The van der Waals surface area contributed by atoms with Crippen LogP contribution in [0.1, 0.15) is 19.4 Å². The molecule has 0 bridgehead atoms. The van der Waals surface area contributed by atoms with Crippen molar-refractivity contribution in [1.29, 1.82) is 0 Å². The summed E-state index contributed by atoms with van der Waals surface area (Å²) in [7, 11) is 0. The summed E-state index contributed by atoms with van der Waals surface area (Å²) in [6.07, 6.45) is -0.944. The van der Waals surface area contributed by atoms with Crippen molar-refractivity contribution >= 4 is 11.6 Å². The fourth-order valence-electron chi connectivity index (χ4n) is 1.15. The largest absolute Gasteiger partial charge is 0.390 e. The molecule has 0 aliphatic rings. The number of hydrogen-bond acceptors (Lipinski definition) is 2. The zero-order valence-corrected chi connectivity index (χ0v) is 9.42. The van der Waals surface area contributed by atoms with Crippen LogP contribution >= 0.6 is 11.6 Å². The fraction of sp³-hybridized carbons (Fsp3) is 0.455. The van der Waals surface area contributed by atoms with E-state index < -0.39 is 17.5 Å². The third-order valence-electron chi connectivity index (χ3n) is 2.24. The number of rotatable bonds is 3. The molecule has 84 valence electrons. The van der Waals surface area contributed by atoms with E-state index in [0.717, 1.165) is 0 Å². The van der Waals surface area contributed by atoms with Gasteiger partial charge in [0.25, 0.3) is 0 Å². The molecule has 0 heterocycles. The van der Waals surface area contributed by atoms with Gasteiger partial charge >= 0.3 is 0 Å². The Kier molecular flexibility index (Phi) is 3.71. The van der Waals surface area contributed by atoms with Crippen LogP contribution in [0.25, 0.3) is 0 Å². The zero-order chi connectivity index (χ0) is 11.6. The first-order valence-electron chi connectivity index (χ1n) is 4.65. The van der Waals surface area contributed by atoms with Gasteiger partial charge in [-0.05, 0) is 31.5 Å². The van der Waals surface area contributed by atoms with Crippen molar-refractivity contribution in [2.45, 2.75) is 32.0 Å². The molecule has 0 amide bonds. The van der Waals surface area contributed by atoms with Crippen LogP contribution in [0.3, 0.4) is 0 Å². The SMILES string of the molecule is CC(C)(O)C(O)Cc1ccc(Cl)cc1F. The summed E-state index contributed by atoms with van der Waals surface area (Å²) < 4.78 is 13.3. The molecule has 2 nitrogen and oxygen atoms in total. The second-order valence-electron chi connectivity index (χ2n) is 4.11. The van der Waals surface area contributed by atoms with Gasteiger partial charge in [-0.2, -0.15) is 0 Å². The Labute approximate surface area is 93.3 Å². The van der Waals surface area contributed by atoms with Gasteiger partial charge in [0.15, 0.2) is 0 Å². The smallest absolute Gasteiger partial charge is 0.127 e. The predicted molar refractivity (Wildman–Crippen MR) is 57.4 cm³/mol. The van der Waals surface area contributed by atoms with Crippen LogP contribution in [0.15, 0.2) is 18.2 Å². The zero-order valence-electron chi connectivity index (χ0n) is 8.67. The van der Waals surface area contributed by atoms with Gasteiger partial charge < -0.3 is 10.2 Å². The molecule has 1 rings (SSSR count). The van der Waals surface area contributed by atoms with Crippen molar-refractivity contribution in [3.63, 3.8) is 0 Å². The minimum atomic E-state index is -1.24. The molecule has 0 aromatic heterocycles. The van der Waals surface area contributed by atoms with E-state index in [4.69, 9.17) is 11.6 Å². The van der Waals surface area contributed by atoms with Gasteiger partial charge in [0.1, 0.15) is 5.82 Å². The van der Waals surface area contributed by atoms with Gasteiger partial charge in [-0.25, -0.2) is 4.39 Å². The molecule has 1 atom stereocenters. The lowest BCUT2D eigenvalue weighted by Gasteiger charge is -2.24. The van der Waals surface area contributed by atoms with Gasteiger partial charge in [0.05, 0.1) is 11.7 Å². The molecule has 1 aromatic rings. The second kappa shape index (κ2) is 4.47. The van der Waals surface area contributed by atoms with Crippen LogP contribution in [0.5, 0.6) is 0 Å². The summed E-state index contributed by atoms with van der Waals surface area (Å²) in [5, 5.41) is 19.4. The highest BCUT2D eigenvalue weighted by Crippen LogP contribution is 2.19. The maximum absolute atomic E-state index is 13.3. The van der Waals surface area contributed by atoms with E-state index in [9.17, 15) is 14.6 Å². The Morgan fingerprint density at radius 3 is 2.53 bits per heavy atom. The molecule has 0 saturated carbocycles. The van der Waals surface area contributed by atoms with Crippen molar-refractivity contribution in [1.82, 2.24) is 0 Å². The Bertz CT molecular complexity index is 347. The molecule has 0 fully saturated rings. The minimum absolute atomic E-state index is 0.0620. The molecule has 0 spiro atoms. The lowest BCUT2D eigenvalue weighted by atomic mass is 9.95. The Hall–Kier alpha value is -0.640. The fourth-order valence-corrected chi connectivity index (χ4v) is 1.30. The summed E-state index contributed by atoms with van der Waals surface area (Å²) in [5.74, 6) is -0.467. The van der Waals surface area contributed by atoms with Crippen molar-refractivity contribution in [3.05, 3.63) is 34.6 Å². The molecule has 15 heavy (non-hydrogen) atoms. The van der Waals surface area contributed by atoms with E-state index in [1.54, 1.807) is 6.07 Å². The first kappa shape index (κ1) is 12.4. The molecule has 1 aromatic carbocycles. The van der Waals surface area contributed by atoms with Crippen LogP contribution in [-0.2, 0) is 6.42 Å². The van der Waals surface area contributed by atoms with Crippen molar-refractivity contribution in [2.24, 2.45) is 0 Å². The van der Waals surface area contributed by atoms with Gasteiger partial charge in [-0.3, -0.25) is 0 Å². The van der Waals surface area contributed by atoms with E-state index in [1.165, 1.54) is 26.0 Å². The predicted octanol–water partition coefficient (Wildman–Crippen LogP) is 2.15. The van der Waals surface area contributed by atoms with Gasteiger partial charge in [-0.15, -0.1) is 0 Å². The van der Waals surface area contributed by atoms with Crippen LogP contribution in [0.2, 0.25) is 5.02 Å². The highest BCUT2D eigenvalue weighted by Gasteiger charge is 2.25. The molecule has 0 aliphatic heterocycles. The van der Waals surface area contributed by atoms with Crippen molar-refractivity contribution < 1.29 is 14.6 Å². The summed E-state index contributed by atoms with van der Waals surface area (Å²) in [4.78, 5) is 0. The van der Waals surface area contributed by atoms with Crippen LogP contribution in [0.4, 0.5) is 4.39 Å². The average molecular weight is 233 g/mol. The van der Waals surface area contributed by atoms with Crippen molar-refractivity contribution in [2.75, 3.05) is 0 Å². The summed E-state index contributed by atoms with van der Waals surface area (Å²) in [5.41, 5.74) is -0.902. The molecular weight excluding hydrogens is 219 g/mol. The number of benzene rings is 1.